The summed E-state index contributed by atoms with van der Waals surface area (Å²) in [7, 11) is 3.43. The van der Waals surface area contributed by atoms with Gasteiger partial charge in [-0.05, 0) is 66.8 Å². The summed E-state index contributed by atoms with van der Waals surface area (Å²) in [5.41, 5.74) is 3.57. The monoisotopic (exact) mass is 498 g/mol. The molecule has 4 rings (SSSR count). The molecule has 0 radical (unpaired) electrons. The van der Waals surface area contributed by atoms with Gasteiger partial charge in [0, 0.05) is 38.0 Å². The van der Waals surface area contributed by atoms with E-state index in [-0.39, 0.29) is 29.8 Å². The Balaban J connectivity index is 1.61. The first-order valence-corrected chi connectivity index (χ1v) is 12.3. The second-order valence-corrected chi connectivity index (χ2v) is 11.2. The van der Waals surface area contributed by atoms with Crippen molar-refractivity contribution in [3.05, 3.63) is 83.6 Å². The Hall–Kier alpha value is -4.00. The van der Waals surface area contributed by atoms with Crippen molar-refractivity contribution in [2.75, 3.05) is 19.0 Å². The van der Waals surface area contributed by atoms with Crippen molar-refractivity contribution in [3.63, 3.8) is 0 Å². The number of hydrogen-bond donors (Lipinski definition) is 0. The summed E-state index contributed by atoms with van der Waals surface area (Å²) in [4.78, 5) is 48.2. The van der Waals surface area contributed by atoms with Gasteiger partial charge in [0.2, 0.25) is 0 Å². The lowest BCUT2D eigenvalue weighted by molar-refractivity contribution is -0.123. The normalized spacial score (nSPS) is 15.3. The smallest absolute Gasteiger partial charge is 0.332 e. The quantitative estimate of drug-likeness (QED) is 0.436. The van der Waals surface area contributed by atoms with Gasteiger partial charge in [0.1, 0.15) is 5.54 Å². The SMILES string of the molecule is CN(C)C(=O)c1cccc(-c2cc(CN3C(=O)N(c4ccc(C(C)(C)C)cc4)C(=O)C3(C)C)ccn2)c1. The Kier molecular flexibility index (Phi) is 6.67. The zero-order chi connectivity index (χ0) is 27.1. The third-order valence-corrected chi connectivity index (χ3v) is 6.79. The molecule has 4 amide bonds. The fraction of sp³-hybridized carbons (Fsp3) is 0.333. The first-order valence-electron chi connectivity index (χ1n) is 12.3. The standard InChI is InChI=1S/C30H34N4O3/c1-29(2,3)23-11-13-24(14-12-23)34-27(36)30(4,5)33(28(34)37)19-20-15-16-31-25(17-20)21-9-8-10-22(18-21)26(35)32(6)7/h8-18H,19H2,1-7H3. The molecule has 0 bridgehead atoms. The Morgan fingerprint density at radius 3 is 2.27 bits per heavy atom. The molecule has 0 unspecified atom stereocenters. The summed E-state index contributed by atoms with van der Waals surface area (Å²) in [5, 5.41) is 0. The minimum atomic E-state index is -1.01. The highest BCUT2D eigenvalue weighted by atomic mass is 16.2. The maximum absolute atomic E-state index is 13.5. The van der Waals surface area contributed by atoms with Gasteiger partial charge in [-0.25, -0.2) is 9.69 Å². The predicted molar refractivity (Wildman–Crippen MR) is 145 cm³/mol. The highest BCUT2D eigenvalue weighted by Gasteiger charge is 2.51. The number of pyridine rings is 1. The molecule has 1 aromatic heterocycles. The molecule has 2 aromatic carbocycles. The van der Waals surface area contributed by atoms with Crippen LogP contribution in [0, 0.1) is 0 Å². The summed E-state index contributed by atoms with van der Waals surface area (Å²) in [6.07, 6.45) is 1.68. The van der Waals surface area contributed by atoms with Crippen LogP contribution in [0.15, 0.2) is 66.9 Å². The molecular weight excluding hydrogens is 464 g/mol. The van der Waals surface area contributed by atoms with Gasteiger partial charge in [0.15, 0.2) is 0 Å². The lowest BCUT2D eigenvalue weighted by Gasteiger charge is -2.27. The van der Waals surface area contributed by atoms with Crippen molar-refractivity contribution in [1.82, 2.24) is 14.8 Å². The topological polar surface area (TPSA) is 73.8 Å². The summed E-state index contributed by atoms with van der Waals surface area (Å²) in [6.45, 7) is 10.2. The second kappa shape index (κ2) is 9.47. The van der Waals surface area contributed by atoms with Crippen LogP contribution in [-0.4, -0.2) is 52.3 Å². The minimum Gasteiger partial charge on any atom is -0.345 e. The summed E-state index contributed by atoms with van der Waals surface area (Å²) >= 11 is 0. The van der Waals surface area contributed by atoms with Gasteiger partial charge < -0.3 is 9.80 Å². The van der Waals surface area contributed by atoms with E-state index in [2.05, 4.69) is 25.8 Å². The second-order valence-electron chi connectivity index (χ2n) is 11.2. The molecule has 37 heavy (non-hydrogen) atoms. The number of carbonyl (C=O) groups is 3. The summed E-state index contributed by atoms with van der Waals surface area (Å²) in [6, 6.07) is 18.3. The van der Waals surface area contributed by atoms with Crippen LogP contribution in [0.1, 0.15) is 56.1 Å². The average molecular weight is 499 g/mol. The Bertz CT molecular complexity index is 1350. The van der Waals surface area contributed by atoms with Crippen LogP contribution in [0.5, 0.6) is 0 Å². The number of amides is 4. The van der Waals surface area contributed by atoms with Crippen LogP contribution in [0.4, 0.5) is 10.5 Å². The third-order valence-electron chi connectivity index (χ3n) is 6.79. The summed E-state index contributed by atoms with van der Waals surface area (Å²) < 4.78 is 0. The highest BCUT2D eigenvalue weighted by molar-refractivity contribution is 6.22. The minimum absolute atomic E-state index is 0.0266. The molecule has 0 atom stereocenters. The average Bonchev–Trinajstić information content (AvgIpc) is 3.02. The lowest BCUT2D eigenvalue weighted by Crippen LogP contribution is -2.43. The van der Waals surface area contributed by atoms with Crippen molar-refractivity contribution < 1.29 is 14.4 Å². The number of hydrogen-bond acceptors (Lipinski definition) is 4. The number of carbonyl (C=O) groups excluding carboxylic acids is 3. The van der Waals surface area contributed by atoms with Crippen LogP contribution >= 0.6 is 0 Å². The van der Waals surface area contributed by atoms with E-state index in [9.17, 15) is 14.4 Å². The van der Waals surface area contributed by atoms with E-state index < -0.39 is 5.54 Å². The van der Waals surface area contributed by atoms with Crippen molar-refractivity contribution in [2.24, 2.45) is 0 Å². The molecule has 1 aliphatic rings. The lowest BCUT2D eigenvalue weighted by atomic mass is 9.87. The van der Waals surface area contributed by atoms with Crippen molar-refractivity contribution in [1.29, 1.82) is 0 Å². The van der Waals surface area contributed by atoms with E-state index in [4.69, 9.17) is 0 Å². The molecule has 3 aromatic rings. The van der Waals surface area contributed by atoms with E-state index in [0.717, 1.165) is 16.7 Å². The summed E-state index contributed by atoms with van der Waals surface area (Å²) in [5.74, 6) is -0.346. The molecule has 192 valence electrons. The van der Waals surface area contributed by atoms with Crippen molar-refractivity contribution >= 4 is 23.5 Å². The zero-order valence-corrected chi connectivity index (χ0v) is 22.6. The van der Waals surface area contributed by atoms with Gasteiger partial charge in [-0.15, -0.1) is 0 Å². The fourth-order valence-corrected chi connectivity index (χ4v) is 4.42. The molecule has 1 aliphatic heterocycles. The molecule has 0 saturated carbocycles. The Labute approximate surface area is 218 Å². The number of anilines is 1. The zero-order valence-electron chi connectivity index (χ0n) is 22.6. The largest absolute Gasteiger partial charge is 0.345 e. The molecule has 2 heterocycles. The van der Waals surface area contributed by atoms with Crippen LogP contribution < -0.4 is 4.90 Å². The molecule has 7 nitrogen and oxygen atoms in total. The predicted octanol–water partition coefficient (Wildman–Crippen LogP) is 5.50. The van der Waals surface area contributed by atoms with Gasteiger partial charge in [-0.2, -0.15) is 0 Å². The van der Waals surface area contributed by atoms with Crippen LogP contribution in [-0.2, 0) is 16.8 Å². The Morgan fingerprint density at radius 2 is 1.65 bits per heavy atom. The highest BCUT2D eigenvalue weighted by Crippen LogP contribution is 2.34. The number of imide groups is 1. The first kappa shape index (κ1) is 26.1. The fourth-order valence-electron chi connectivity index (χ4n) is 4.42. The van der Waals surface area contributed by atoms with Gasteiger partial charge in [-0.1, -0.05) is 45.0 Å². The van der Waals surface area contributed by atoms with Gasteiger partial charge in [0.25, 0.3) is 11.8 Å². The van der Waals surface area contributed by atoms with Crippen LogP contribution in [0.2, 0.25) is 0 Å². The Morgan fingerprint density at radius 1 is 0.973 bits per heavy atom. The molecule has 0 aliphatic carbocycles. The van der Waals surface area contributed by atoms with E-state index in [1.165, 1.54) is 9.80 Å². The maximum atomic E-state index is 13.5. The number of rotatable bonds is 5. The molecule has 1 fully saturated rings. The molecule has 0 spiro atoms. The van der Waals surface area contributed by atoms with Crippen LogP contribution in [0.25, 0.3) is 11.3 Å². The molecular formula is C30H34N4O3. The number of nitrogens with zero attached hydrogens (tertiary/aromatic N) is 4. The maximum Gasteiger partial charge on any atom is 0.332 e. The van der Waals surface area contributed by atoms with E-state index >= 15 is 0 Å². The third kappa shape index (κ3) is 4.99. The molecule has 0 N–H and O–H groups in total. The van der Waals surface area contributed by atoms with E-state index in [1.54, 1.807) is 45.1 Å². The molecule has 7 heteroatoms. The number of urea groups is 1. The van der Waals surface area contributed by atoms with Gasteiger partial charge in [-0.3, -0.25) is 14.6 Å². The van der Waals surface area contributed by atoms with Crippen molar-refractivity contribution in [2.45, 2.75) is 52.1 Å². The van der Waals surface area contributed by atoms with Gasteiger partial charge in [0.05, 0.1) is 11.4 Å². The van der Waals surface area contributed by atoms with Gasteiger partial charge >= 0.3 is 6.03 Å². The number of benzene rings is 2. The number of aromatic nitrogens is 1. The van der Waals surface area contributed by atoms with E-state index in [1.807, 2.05) is 54.6 Å². The first-order chi connectivity index (χ1) is 17.3. The van der Waals surface area contributed by atoms with Crippen molar-refractivity contribution in [3.8, 4) is 11.3 Å². The molecule has 1 saturated heterocycles. The van der Waals surface area contributed by atoms with Crippen LogP contribution in [0.3, 0.4) is 0 Å². The van der Waals surface area contributed by atoms with E-state index in [0.29, 0.717) is 16.9 Å².